The van der Waals surface area contributed by atoms with E-state index in [0.29, 0.717) is 17.5 Å². The topological polar surface area (TPSA) is 51.8 Å². The van der Waals surface area contributed by atoms with Crippen molar-refractivity contribution in [2.24, 2.45) is 5.41 Å². The Morgan fingerprint density at radius 2 is 1.00 bits per heavy atom. The Morgan fingerprint density at radius 1 is 0.469 bits per heavy atom. The normalized spacial score (nSPS) is 15.4. The van der Waals surface area contributed by atoms with E-state index in [-0.39, 0.29) is 10.8 Å². The highest BCUT2D eigenvalue weighted by atomic mass is 16.3. The molecule has 1 aliphatic carbocycles. The van der Waals surface area contributed by atoms with Crippen LogP contribution in [0.4, 0.5) is 0 Å². The van der Waals surface area contributed by atoms with E-state index < -0.39 is 0 Å². The standard InChI is InChI=1S/C45H35N3O/c1-44(2,3)45(4)34-20-13-19-32(38(34)40-35(45)26-27-37-39(40)33-18-11-12-21-36(33)49-37)28-22-24-31(25-23-28)43-47-41(29-14-7-5-8-15-29)46-42(48-43)30-16-9-6-10-17-30/h5-27H,1-4H3. The summed E-state index contributed by atoms with van der Waals surface area (Å²) in [5.74, 6) is 1.96. The number of furan rings is 1. The zero-order valence-corrected chi connectivity index (χ0v) is 28.0. The van der Waals surface area contributed by atoms with Gasteiger partial charge in [-0.1, -0.05) is 155 Å². The van der Waals surface area contributed by atoms with Crippen LogP contribution in [0.1, 0.15) is 38.8 Å². The number of fused-ring (bicyclic) bond motifs is 7. The summed E-state index contributed by atoms with van der Waals surface area (Å²) in [6, 6.07) is 48.6. The third-order valence-corrected chi connectivity index (χ3v) is 10.6. The highest BCUT2D eigenvalue weighted by Gasteiger charge is 2.49. The summed E-state index contributed by atoms with van der Waals surface area (Å²) < 4.78 is 6.42. The summed E-state index contributed by atoms with van der Waals surface area (Å²) in [5, 5.41) is 2.35. The minimum atomic E-state index is -0.202. The molecule has 0 saturated heterocycles. The fourth-order valence-corrected chi connectivity index (χ4v) is 7.66. The van der Waals surface area contributed by atoms with E-state index in [0.717, 1.165) is 38.8 Å². The van der Waals surface area contributed by atoms with Gasteiger partial charge in [-0.25, -0.2) is 15.0 Å². The average molecular weight is 634 g/mol. The van der Waals surface area contributed by atoms with E-state index >= 15 is 0 Å². The predicted molar refractivity (Wildman–Crippen MR) is 200 cm³/mol. The smallest absolute Gasteiger partial charge is 0.164 e. The van der Waals surface area contributed by atoms with Gasteiger partial charge < -0.3 is 4.42 Å². The summed E-state index contributed by atoms with van der Waals surface area (Å²) in [7, 11) is 0. The molecule has 0 bridgehead atoms. The molecule has 0 aliphatic heterocycles. The summed E-state index contributed by atoms with van der Waals surface area (Å²) >= 11 is 0. The monoisotopic (exact) mass is 633 g/mol. The molecule has 8 aromatic rings. The predicted octanol–water partition coefficient (Wildman–Crippen LogP) is 11.8. The van der Waals surface area contributed by atoms with E-state index in [1.807, 2.05) is 66.7 Å². The third-order valence-electron chi connectivity index (χ3n) is 10.6. The van der Waals surface area contributed by atoms with Crippen LogP contribution in [0.15, 0.2) is 144 Å². The second-order valence-corrected chi connectivity index (χ2v) is 14.2. The molecule has 1 unspecified atom stereocenters. The van der Waals surface area contributed by atoms with Crippen molar-refractivity contribution in [3.63, 3.8) is 0 Å². The van der Waals surface area contributed by atoms with Crippen LogP contribution in [0.25, 0.3) is 78.4 Å². The first kappa shape index (κ1) is 29.3. The second-order valence-electron chi connectivity index (χ2n) is 14.2. The molecule has 9 rings (SSSR count). The molecule has 0 spiro atoms. The van der Waals surface area contributed by atoms with E-state index in [1.54, 1.807) is 0 Å². The highest BCUT2D eigenvalue weighted by Crippen LogP contribution is 2.61. The van der Waals surface area contributed by atoms with Crippen molar-refractivity contribution < 1.29 is 4.42 Å². The lowest BCUT2D eigenvalue weighted by Gasteiger charge is -2.41. The zero-order valence-electron chi connectivity index (χ0n) is 28.0. The molecular weight excluding hydrogens is 599 g/mol. The average Bonchev–Trinajstić information content (AvgIpc) is 3.65. The van der Waals surface area contributed by atoms with Crippen molar-refractivity contribution in [2.45, 2.75) is 33.1 Å². The van der Waals surface area contributed by atoms with Gasteiger partial charge in [0, 0.05) is 32.9 Å². The molecule has 0 N–H and O–H groups in total. The number of rotatable bonds is 4. The minimum Gasteiger partial charge on any atom is -0.456 e. The molecule has 0 saturated carbocycles. The molecule has 4 heteroatoms. The number of benzene rings is 6. The zero-order chi connectivity index (χ0) is 33.3. The van der Waals surface area contributed by atoms with Crippen LogP contribution in [0.2, 0.25) is 0 Å². The summed E-state index contributed by atoms with van der Waals surface area (Å²) in [4.78, 5) is 14.8. The Balaban J connectivity index is 1.23. The van der Waals surface area contributed by atoms with E-state index in [2.05, 4.69) is 100 Å². The lowest BCUT2D eigenvalue weighted by Crippen LogP contribution is -2.36. The maximum absolute atomic E-state index is 6.42. The van der Waals surface area contributed by atoms with Crippen molar-refractivity contribution in [1.29, 1.82) is 0 Å². The molecule has 6 aromatic carbocycles. The van der Waals surface area contributed by atoms with Gasteiger partial charge in [-0.2, -0.15) is 0 Å². The quantitative estimate of drug-likeness (QED) is 0.193. The molecule has 2 aromatic heterocycles. The van der Waals surface area contributed by atoms with Crippen LogP contribution < -0.4 is 0 Å². The Morgan fingerprint density at radius 3 is 1.61 bits per heavy atom. The van der Waals surface area contributed by atoms with Crippen molar-refractivity contribution >= 4 is 21.9 Å². The van der Waals surface area contributed by atoms with E-state index in [1.165, 1.54) is 33.2 Å². The number of hydrogen-bond donors (Lipinski definition) is 0. The molecule has 1 atom stereocenters. The molecule has 1 aliphatic rings. The fraction of sp³-hybridized carbons (Fsp3) is 0.133. The molecule has 0 amide bonds. The van der Waals surface area contributed by atoms with Crippen LogP contribution in [0.5, 0.6) is 0 Å². The Labute approximate surface area is 286 Å². The maximum Gasteiger partial charge on any atom is 0.164 e. The number of aromatic nitrogens is 3. The van der Waals surface area contributed by atoms with Crippen molar-refractivity contribution in [2.75, 3.05) is 0 Å². The molecule has 0 radical (unpaired) electrons. The van der Waals surface area contributed by atoms with Gasteiger partial charge in [0.05, 0.1) is 0 Å². The Kier molecular flexibility index (Phi) is 6.47. The van der Waals surface area contributed by atoms with Crippen molar-refractivity contribution in [3.05, 3.63) is 151 Å². The van der Waals surface area contributed by atoms with Crippen LogP contribution in [-0.2, 0) is 5.41 Å². The minimum absolute atomic E-state index is 0.0334. The molecule has 4 nitrogen and oxygen atoms in total. The van der Waals surface area contributed by atoms with E-state index in [4.69, 9.17) is 19.4 Å². The van der Waals surface area contributed by atoms with Crippen LogP contribution in [0, 0.1) is 5.41 Å². The fourth-order valence-electron chi connectivity index (χ4n) is 7.66. The molecule has 2 heterocycles. The van der Waals surface area contributed by atoms with Crippen molar-refractivity contribution in [1.82, 2.24) is 15.0 Å². The van der Waals surface area contributed by atoms with Gasteiger partial charge in [-0.3, -0.25) is 0 Å². The molecule has 236 valence electrons. The lowest BCUT2D eigenvalue weighted by atomic mass is 9.62. The van der Waals surface area contributed by atoms with E-state index in [9.17, 15) is 0 Å². The lowest BCUT2D eigenvalue weighted by molar-refractivity contribution is 0.255. The SMILES string of the molecule is CC(C)(C)C1(C)c2cccc(-c3ccc(-c4nc(-c5ccccc5)nc(-c5ccccc5)n4)cc3)c2-c2c1ccc1oc3ccccc3c21. The van der Waals surface area contributed by atoms with Gasteiger partial charge in [0.1, 0.15) is 11.2 Å². The van der Waals surface area contributed by atoms with Crippen LogP contribution in [0.3, 0.4) is 0 Å². The van der Waals surface area contributed by atoms with Gasteiger partial charge >= 0.3 is 0 Å². The summed E-state index contributed by atoms with van der Waals surface area (Å²) in [6.07, 6.45) is 0. The number of hydrogen-bond acceptors (Lipinski definition) is 4. The summed E-state index contributed by atoms with van der Waals surface area (Å²) in [6.45, 7) is 9.47. The molecular formula is C45H35N3O. The Hall–Kier alpha value is -5.87. The first-order valence-corrected chi connectivity index (χ1v) is 16.9. The number of nitrogens with zero attached hydrogens (tertiary/aromatic N) is 3. The van der Waals surface area contributed by atoms with Gasteiger partial charge in [0.15, 0.2) is 17.5 Å². The highest BCUT2D eigenvalue weighted by molar-refractivity contribution is 6.16. The first-order chi connectivity index (χ1) is 23.8. The van der Waals surface area contributed by atoms with Crippen LogP contribution >= 0.6 is 0 Å². The first-order valence-electron chi connectivity index (χ1n) is 16.9. The second kappa shape index (κ2) is 10.8. The van der Waals surface area contributed by atoms with Gasteiger partial charge in [-0.05, 0) is 50.9 Å². The Bertz CT molecular complexity index is 2470. The summed E-state index contributed by atoms with van der Waals surface area (Å²) in [5.41, 5.74) is 12.1. The molecule has 0 fully saturated rings. The number of para-hydroxylation sites is 1. The van der Waals surface area contributed by atoms with Crippen molar-refractivity contribution in [3.8, 4) is 56.4 Å². The van der Waals surface area contributed by atoms with Gasteiger partial charge in [0.25, 0.3) is 0 Å². The van der Waals surface area contributed by atoms with Gasteiger partial charge in [-0.15, -0.1) is 0 Å². The molecule has 49 heavy (non-hydrogen) atoms. The third kappa shape index (κ3) is 4.48. The van der Waals surface area contributed by atoms with Gasteiger partial charge in [0.2, 0.25) is 0 Å². The van der Waals surface area contributed by atoms with Crippen LogP contribution in [-0.4, -0.2) is 15.0 Å². The maximum atomic E-state index is 6.42. The largest absolute Gasteiger partial charge is 0.456 e.